The molecule has 3 rings (SSSR count). The molecule has 166 valence electrons. The first-order valence-corrected chi connectivity index (χ1v) is 11.7. The van der Waals surface area contributed by atoms with Crippen LogP contribution in [0.1, 0.15) is 67.7 Å². The summed E-state index contributed by atoms with van der Waals surface area (Å²) in [5, 5.41) is 3.21. The van der Waals surface area contributed by atoms with E-state index in [1.54, 1.807) is 4.90 Å². The minimum Gasteiger partial charge on any atom is -0.352 e. The van der Waals surface area contributed by atoms with Crippen LogP contribution in [0.4, 0.5) is 0 Å². The van der Waals surface area contributed by atoms with Crippen LogP contribution in [0, 0.1) is 13.8 Å². The molecular weight excluding hydrogens is 384 g/mol. The Bertz CT molecular complexity index is 869. The maximum absolute atomic E-state index is 13.4. The number of amides is 2. The highest BCUT2D eigenvalue weighted by molar-refractivity contribution is 5.88. The Kier molecular flexibility index (Phi) is 8.27. The Labute approximate surface area is 187 Å². The molecule has 0 aliphatic heterocycles. The van der Waals surface area contributed by atoms with E-state index in [-0.39, 0.29) is 17.9 Å². The molecule has 0 heterocycles. The SMILES string of the molecule is CC[C@H](C(=O)NC1CCCC1)N(Cc1ccccc1C)C(=O)CCc1ccc(C)cc1. The van der Waals surface area contributed by atoms with Crippen LogP contribution in [0.25, 0.3) is 0 Å². The number of hydrogen-bond acceptors (Lipinski definition) is 2. The molecule has 4 nitrogen and oxygen atoms in total. The molecule has 0 unspecified atom stereocenters. The van der Waals surface area contributed by atoms with Crippen molar-refractivity contribution in [1.29, 1.82) is 0 Å². The largest absolute Gasteiger partial charge is 0.352 e. The number of benzene rings is 2. The standard InChI is InChI=1S/C27H36N2O2/c1-4-25(27(31)28-24-11-7-8-12-24)29(19-23-10-6-5-9-21(23)3)26(30)18-17-22-15-13-20(2)14-16-22/h5-6,9-10,13-16,24-25H,4,7-8,11-12,17-19H2,1-3H3,(H,28,31)/t25-/m1/s1. The lowest BCUT2D eigenvalue weighted by molar-refractivity contribution is -0.141. The normalized spacial score (nSPS) is 14.9. The zero-order chi connectivity index (χ0) is 22.2. The Morgan fingerprint density at radius 2 is 1.71 bits per heavy atom. The fourth-order valence-electron chi connectivity index (χ4n) is 4.41. The molecule has 0 spiro atoms. The van der Waals surface area contributed by atoms with E-state index in [4.69, 9.17) is 0 Å². The summed E-state index contributed by atoms with van der Waals surface area (Å²) in [6.07, 6.45) is 6.13. The van der Waals surface area contributed by atoms with Crippen molar-refractivity contribution in [2.45, 2.75) is 84.3 Å². The summed E-state index contributed by atoms with van der Waals surface area (Å²) in [7, 11) is 0. The smallest absolute Gasteiger partial charge is 0.243 e. The van der Waals surface area contributed by atoms with Gasteiger partial charge in [-0.3, -0.25) is 9.59 Å². The first kappa shape index (κ1) is 23.1. The van der Waals surface area contributed by atoms with Gasteiger partial charge in [-0.05, 0) is 56.2 Å². The Hall–Kier alpha value is -2.62. The summed E-state index contributed by atoms with van der Waals surface area (Å²) in [4.78, 5) is 28.4. The van der Waals surface area contributed by atoms with Crippen molar-refractivity contribution in [3.63, 3.8) is 0 Å². The van der Waals surface area contributed by atoms with Gasteiger partial charge >= 0.3 is 0 Å². The van der Waals surface area contributed by atoms with Crippen LogP contribution in [0.5, 0.6) is 0 Å². The Morgan fingerprint density at radius 1 is 1.03 bits per heavy atom. The molecule has 1 atom stereocenters. The summed E-state index contributed by atoms with van der Waals surface area (Å²) < 4.78 is 0. The van der Waals surface area contributed by atoms with E-state index in [1.165, 1.54) is 18.4 Å². The average molecular weight is 421 g/mol. The van der Waals surface area contributed by atoms with Crippen LogP contribution in [0.3, 0.4) is 0 Å². The maximum atomic E-state index is 13.4. The van der Waals surface area contributed by atoms with E-state index < -0.39 is 6.04 Å². The third kappa shape index (κ3) is 6.43. The Morgan fingerprint density at radius 3 is 2.35 bits per heavy atom. The second kappa shape index (κ2) is 11.1. The van der Waals surface area contributed by atoms with Crippen LogP contribution < -0.4 is 5.32 Å². The van der Waals surface area contributed by atoms with E-state index in [0.717, 1.165) is 29.5 Å². The zero-order valence-corrected chi connectivity index (χ0v) is 19.2. The molecule has 2 aromatic rings. The van der Waals surface area contributed by atoms with Gasteiger partial charge in [-0.25, -0.2) is 0 Å². The molecule has 31 heavy (non-hydrogen) atoms. The van der Waals surface area contributed by atoms with Gasteiger partial charge < -0.3 is 10.2 Å². The van der Waals surface area contributed by atoms with Gasteiger partial charge in [-0.1, -0.05) is 73.9 Å². The highest BCUT2D eigenvalue weighted by Gasteiger charge is 2.30. The van der Waals surface area contributed by atoms with Crippen molar-refractivity contribution in [2.24, 2.45) is 0 Å². The van der Waals surface area contributed by atoms with Gasteiger partial charge in [-0.2, -0.15) is 0 Å². The van der Waals surface area contributed by atoms with E-state index in [2.05, 4.69) is 55.6 Å². The first-order chi connectivity index (χ1) is 15.0. The van der Waals surface area contributed by atoms with Crippen molar-refractivity contribution in [1.82, 2.24) is 10.2 Å². The summed E-state index contributed by atoms with van der Waals surface area (Å²) >= 11 is 0. The van der Waals surface area contributed by atoms with E-state index in [0.29, 0.717) is 25.8 Å². The second-order valence-electron chi connectivity index (χ2n) is 8.85. The minimum absolute atomic E-state index is 0.00771. The molecule has 4 heteroatoms. The monoisotopic (exact) mass is 420 g/mol. The summed E-state index contributed by atoms with van der Waals surface area (Å²) in [5.74, 6) is 0.0314. The van der Waals surface area contributed by atoms with Crippen LogP contribution in [0.2, 0.25) is 0 Å². The number of rotatable bonds is 9. The molecule has 1 aliphatic carbocycles. The molecule has 0 radical (unpaired) electrons. The molecular formula is C27H36N2O2. The highest BCUT2D eigenvalue weighted by atomic mass is 16.2. The fraction of sp³-hybridized carbons (Fsp3) is 0.481. The molecule has 1 N–H and O–H groups in total. The maximum Gasteiger partial charge on any atom is 0.243 e. The van der Waals surface area contributed by atoms with Gasteiger partial charge in [0.15, 0.2) is 0 Å². The molecule has 0 saturated heterocycles. The minimum atomic E-state index is -0.439. The lowest BCUT2D eigenvalue weighted by Gasteiger charge is -2.32. The van der Waals surface area contributed by atoms with E-state index >= 15 is 0 Å². The molecule has 0 bridgehead atoms. The van der Waals surface area contributed by atoms with Crippen LogP contribution >= 0.6 is 0 Å². The third-order valence-electron chi connectivity index (χ3n) is 6.44. The third-order valence-corrected chi connectivity index (χ3v) is 6.44. The predicted octanol–water partition coefficient (Wildman–Crippen LogP) is 5.10. The van der Waals surface area contributed by atoms with Crippen molar-refractivity contribution in [3.05, 3.63) is 70.8 Å². The van der Waals surface area contributed by atoms with Gasteiger partial charge in [0.05, 0.1) is 0 Å². The van der Waals surface area contributed by atoms with E-state index in [9.17, 15) is 9.59 Å². The number of carbonyl (C=O) groups excluding carboxylic acids is 2. The van der Waals surface area contributed by atoms with Crippen LogP contribution in [0.15, 0.2) is 48.5 Å². The van der Waals surface area contributed by atoms with Gasteiger partial charge in [0.2, 0.25) is 11.8 Å². The molecule has 2 aromatic carbocycles. The van der Waals surface area contributed by atoms with Crippen molar-refractivity contribution in [3.8, 4) is 0 Å². The quantitative estimate of drug-likeness (QED) is 0.613. The van der Waals surface area contributed by atoms with Crippen LogP contribution in [-0.4, -0.2) is 28.8 Å². The summed E-state index contributed by atoms with van der Waals surface area (Å²) in [6.45, 7) is 6.59. The molecule has 0 aromatic heterocycles. The van der Waals surface area contributed by atoms with Gasteiger partial charge in [-0.15, -0.1) is 0 Å². The fourth-order valence-corrected chi connectivity index (χ4v) is 4.41. The van der Waals surface area contributed by atoms with Gasteiger partial charge in [0, 0.05) is 19.0 Å². The first-order valence-electron chi connectivity index (χ1n) is 11.7. The summed E-state index contributed by atoms with van der Waals surface area (Å²) in [5.41, 5.74) is 4.60. The number of aryl methyl sites for hydroxylation is 3. The second-order valence-corrected chi connectivity index (χ2v) is 8.85. The average Bonchev–Trinajstić information content (AvgIpc) is 3.27. The Balaban J connectivity index is 1.76. The number of carbonyl (C=O) groups is 2. The van der Waals surface area contributed by atoms with Crippen molar-refractivity contribution >= 4 is 11.8 Å². The van der Waals surface area contributed by atoms with Gasteiger partial charge in [0.1, 0.15) is 6.04 Å². The molecule has 2 amide bonds. The molecule has 1 aliphatic rings. The number of hydrogen-bond donors (Lipinski definition) is 1. The highest BCUT2D eigenvalue weighted by Crippen LogP contribution is 2.20. The topological polar surface area (TPSA) is 49.4 Å². The molecule has 1 fully saturated rings. The van der Waals surface area contributed by atoms with Crippen molar-refractivity contribution in [2.75, 3.05) is 0 Å². The van der Waals surface area contributed by atoms with Crippen LogP contribution in [-0.2, 0) is 22.6 Å². The van der Waals surface area contributed by atoms with Crippen molar-refractivity contribution < 1.29 is 9.59 Å². The molecule has 1 saturated carbocycles. The zero-order valence-electron chi connectivity index (χ0n) is 19.2. The number of nitrogens with one attached hydrogen (secondary N) is 1. The predicted molar refractivity (Wildman–Crippen MR) is 126 cm³/mol. The van der Waals surface area contributed by atoms with E-state index in [1.807, 2.05) is 19.1 Å². The summed E-state index contributed by atoms with van der Waals surface area (Å²) in [6, 6.07) is 16.3. The lowest BCUT2D eigenvalue weighted by atomic mass is 10.0. The lowest BCUT2D eigenvalue weighted by Crippen LogP contribution is -2.51. The van der Waals surface area contributed by atoms with Gasteiger partial charge in [0.25, 0.3) is 0 Å². The number of nitrogens with zero attached hydrogens (tertiary/aromatic N) is 1.